The van der Waals surface area contributed by atoms with Crippen molar-refractivity contribution in [2.75, 3.05) is 6.61 Å². The van der Waals surface area contributed by atoms with E-state index >= 15 is 0 Å². The number of rotatable bonds is 7. The van der Waals surface area contributed by atoms with Gasteiger partial charge in [0.15, 0.2) is 5.75 Å². The minimum atomic E-state index is -4.07. The first kappa shape index (κ1) is 22.2. The molecule has 0 unspecified atom stereocenters. The van der Waals surface area contributed by atoms with Crippen LogP contribution in [-0.4, -0.2) is 21.2 Å². The number of hydrogen-bond acceptors (Lipinski definition) is 5. The van der Waals surface area contributed by atoms with Gasteiger partial charge >= 0.3 is 10.1 Å². The summed E-state index contributed by atoms with van der Waals surface area (Å²) in [5.74, 6) is 0.130. The van der Waals surface area contributed by atoms with E-state index in [1.54, 1.807) is 49.5 Å². The van der Waals surface area contributed by atoms with Crippen LogP contribution in [0.2, 0.25) is 10.0 Å². The van der Waals surface area contributed by atoms with Crippen molar-refractivity contribution in [2.45, 2.75) is 18.7 Å². The molecule has 156 valence electrons. The van der Waals surface area contributed by atoms with E-state index in [0.717, 1.165) is 5.56 Å². The maximum atomic E-state index is 12.6. The molecule has 8 heteroatoms. The largest absolute Gasteiger partial charge is 0.490 e. The molecule has 0 radical (unpaired) electrons. The molecule has 3 aromatic carbocycles. The van der Waals surface area contributed by atoms with Crippen LogP contribution >= 0.6 is 23.2 Å². The third-order valence-electron chi connectivity index (χ3n) is 4.07. The first-order chi connectivity index (χ1) is 14.3. The summed E-state index contributed by atoms with van der Waals surface area (Å²) in [5.41, 5.74) is 2.25. The highest BCUT2D eigenvalue weighted by Crippen LogP contribution is 2.38. The van der Waals surface area contributed by atoms with Crippen molar-refractivity contribution in [2.24, 2.45) is 4.99 Å². The molecule has 3 rings (SSSR count). The van der Waals surface area contributed by atoms with Gasteiger partial charge in [0, 0.05) is 11.2 Å². The Morgan fingerprint density at radius 2 is 1.73 bits per heavy atom. The highest BCUT2D eigenvalue weighted by molar-refractivity contribution is 7.87. The van der Waals surface area contributed by atoms with E-state index in [9.17, 15) is 8.42 Å². The second kappa shape index (κ2) is 9.51. The molecule has 0 N–H and O–H groups in total. The van der Waals surface area contributed by atoms with Crippen molar-refractivity contribution >= 4 is 45.2 Å². The van der Waals surface area contributed by atoms with Crippen LogP contribution < -0.4 is 8.92 Å². The number of hydrogen-bond donors (Lipinski definition) is 0. The fraction of sp³-hybridized carbons (Fsp3) is 0.136. The average Bonchev–Trinajstić information content (AvgIpc) is 2.72. The Hall–Kier alpha value is -2.54. The SMILES string of the molecule is CCOc1cc(C=Nc2ccc(C)c(Cl)c2)cc(Cl)c1OS(=O)(=O)c1ccccc1. The number of ether oxygens (including phenoxy) is 1. The fourth-order valence-corrected chi connectivity index (χ4v) is 4.02. The highest BCUT2D eigenvalue weighted by atomic mass is 35.5. The maximum Gasteiger partial charge on any atom is 0.339 e. The zero-order chi connectivity index (χ0) is 21.7. The predicted octanol–water partition coefficient (Wildman–Crippen LogP) is 6.22. The van der Waals surface area contributed by atoms with E-state index in [1.807, 2.05) is 19.1 Å². The molecule has 0 spiro atoms. The molecule has 30 heavy (non-hydrogen) atoms. The van der Waals surface area contributed by atoms with Crippen LogP contribution in [0.15, 0.2) is 70.6 Å². The molecule has 0 atom stereocenters. The molecule has 0 heterocycles. The van der Waals surface area contributed by atoms with E-state index in [2.05, 4.69) is 4.99 Å². The van der Waals surface area contributed by atoms with E-state index in [-0.39, 0.29) is 21.4 Å². The summed E-state index contributed by atoms with van der Waals surface area (Å²) in [7, 11) is -4.07. The van der Waals surface area contributed by atoms with Crippen LogP contribution in [0.25, 0.3) is 0 Å². The van der Waals surface area contributed by atoms with Gasteiger partial charge in [0.05, 0.1) is 17.3 Å². The zero-order valence-corrected chi connectivity index (χ0v) is 18.6. The minimum Gasteiger partial charge on any atom is -0.490 e. The smallest absolute Gasteiger partial charge is 0.339 e. The van der Waals surface area contributed by atoms with Crippen molar-refractivity contribution in [3.8, 4) is 11.5 Å². The van der Waals surface area contributed by atoms with E-state index in [1.165, 1.54) is 12.1 Å². The lowest BCUT2D eigenvalue weighted by molar-refractivity contribution is 0.327. The standard InChI is InChI=1S/C22H19Cl2NO4S/c1-3-28-21-12-16(14-25-17-10-9-15(2)19(23)13-17)11-20(24)22(21)29-30(26,27)18-7-5-4-6-8-18/h4-14H,3H2,1-2H3. The van der Waals surface area contributed by atoms with Gasteiger partial charge in [-0.3, -0.25) is 4.99 Å². The van der Waals surface area contributed by atoms with Crippen LogP contribution in [0.1, 0.15) is 18.1 Å². The third-order valence-corrected chi connectivity index (χ3v) is 6.00. The quantitative estimate of drug-likeness (QED) is 0.308. The molecule has 0 aromatic heterocycles. The molecular weight excluding hydrogens is 445 g/mol. The summed E-state index contributed by atoms with van der Waals surface area (Å²) in [6.45, 7) is 3.98. The highest BCUT2D eigenvalue weighted by Gasteiger charge is 2.22. The summed E-state index contributed by atoms with van der Waals surface area (Å²) in [6, 6.07) is 16.5. The third kappa shape index (κ3) is 5.33. The normalized spacial score (nSPS) is 11.6. The van der Waals surface area contributed by atoms with Crippen LogP contribution in [0.4, 0.5) is 5.69 Å². The van der Waals surface area contributed by atoms with Crippen LogP contribution in [0.5, 0.6) is 11.5 Å². The van der Waals surface area contributed by atoms with E-state index in [4.69, 9.17) is 32.1 Å². The van der Waals surface area contributed by atoms with Gasteiger partial charge in [0.2, 0.25) is 5.75 Å². The van der Waals surface area contributed by atoms with Gasteiger partial charge in [-0.25, -0.2) is 0 Å². The summed E-state index contributed by atoms with van der Waals surface area (Å²) in [6.07, 6.45) is 1.59. The van der Waals surface area contributed by atoms with Crippen molar-refractivity contribution in [1.29, 1.82) is 0 Å². The lowest BCUT2D eigenvalue weighted by Crippen LogP contribution is -2.11. The molecule has 0 saturated heterocycles. The first-order valence-corrected chi connectivity index (χ1v) is 11.2. The van der Waals surface area contributed by atoms with Gasteiger partial charge in [-0.15, -0.1) is 0 Å². The Kier molecular flexibility index (Phi) is 7.02. The zero-order valence-electron chi connectivity index (χ0n) is 16.3. The molecule has 0 aliphatic carbocycles. The molecule has 3 aromatic rings. The minimum absolute atomic E-state index is 0.0189. The van der Waals surface area contributed by atoms with Crippen LogP contribution in [0, 0.1) is 6.92 Å². The first-order valence-electron chi connectivity index (χ1n) is 9.06. The van der Waals surface area contributed by atoms with Gasteiger partial charge in [0.1, 0.15) is 4.90 Å². The van der Waals surface area contributed by atoms with E-state index in [0.29, 0.717) is 22.9 Å². The lowest BCUT2D eigenvalue weighted by atomic mass is 10.2. The van der Waals surface area contributed by atoms with Crippen LogP contribution in [-0.2, 0) is 10.1 Å². The van der Waals surface area contributed by atoms with Crippen molar-refractivity contribution in [3.63, 3.8) is 0 Å². The molecular formula is C22H19Cl2NO4S. The molecule has 0 bridgehead atoms. The van der Waals surface area contributed by atoms with Crippen molar-refractivity contribution in [3.05, 3.63) is 81.8 Å². The second-order valence-corrected chi connectivity index (χ2v) is 8.67. The molecule has 0 aliphatic heterocycles. The molecule has 0 amide bonds. The predicted molar refractivity (Wildman–Crippen MR) is 120 cm³/mol. The van der Waals surface area contributed by atoms with Gasteiger partial charge < -0.3 is 8.92 Å². The van der Waals surface area contributed by atoms with Crippen molar-refractivity contribution < 1.29 is 17.3 Å². The fourth-order valence-electron chi connectivity index (χ4n) is 2.56. The Bertz CT molecular complexity index is 1180. The molecule has 0 fully saturated rings. The van der Waals surface area contributed by atoms with Gasteiger partial charge in [-0.1, -0.05) is 47.5 Å². The monoisotopic (exact) mass is 463 g/mol. The lowest BCUT2D eigenvalue weighted by Gasteiger charge is -2.14. The van der Waals surface area contributed by atoms with Gasteiger partial charge in [-0.2, -0.15) is 8.42 Å². The number of aryl methyl sites for hydroxylation is 1. The Balaban J connectivity index is 1.94. The second-order valence-electron chi connectivity index (χ2n) is 6.31. The van der Waals surface area contributed by atoms with E-state index < -0.39 is 10.1 Å². The van der Waals surface area contributed by atoms with Crippen LogP contribution in [0.3, 0.4) is 0 Å². The maximum absolute atomic E-state index is 12.6. The van der Waals surface area contributed by atoms with Gasteiger partial charge in [-0.05, 0) is 61.4 Å². The average molecular weight is 464 g/mol. The molecule has 0 aliphatic rings. The summed E-state index contributed by atoms with van der Waals surface area (Å²) in [5, 5.41) is 0.705. The number of nitrogens with zero attached hydrogens (tertiary/aromatic N) is 1. The Morgan fingerprint density at radius 3 is 2.40 bits per heavy atom. The topological polar surface area (TPSA) is 65.0 Å². The number of aliphatic imine (C=N–C) groups is 1. The number of halogens is 2. The molecule has 5 nitrogen and oxygen atoms in total. The Labute approximate surface area is 186 Å². The molecule has 0 saturated carbocycles. The summed E-state index contributed by atoms with van der Waals surface area (Å²) >= 11 is 12.5. The number of benzene rings is 3. The van der Waals surface area contributed by atoms with Gasteiger partial charge in [0.25, 0.3) is 0 Å². The summed E-state index contributed by atoms with van der Waals surface area (Å²) < 4.78 is 36.1. The summed E-state index contributed by atoms with van der Waals surface area (Å²) in [4.78, 5) is 4.41. The Morgan fingerprint density at radius 1 is 1.00 bits per heavy atom. The van der Waals surface area contributed by atoms with Crippen molar-refractivity contribution in [1.82, 2.24) is 0 Å².